The summed E-state index contributed by atoms with van der Waals surface area (Å²) in [7, 11) is -3.63. The van der Waals surface area contributed by atoms with Gasteiger partial charge in [-0.05, 0) is 67.5 Å². The Hall–Kier alpha value is -2.42. The van der Waals surface area contributed by atoms with E-state index in [9.17, 15) is 13.2 Å². The van der Waals surface area contributed by atoms with Crippen molar-refractivity contribution in [3.63, 3.8) is 0 Å². The molecule has 1 fully saturated rings. The largest absolute Gasteiger partial charge is 0.379 e. The lowest BCUT2D eigenvalue weighted by Gasteiger charge is -2.26. The molecule has 1 aromatic carbocycles. The fraction of sp³-hybridized carbons (Fsp3) is 0.435. The number of anilines is 1. The van der Waals surface area contributed by atoms with Crippen LogP contribution in [0.25, 0.3) is 11.6 Å². The smallest absolute Gasteiger partial charge is 0.256 e. The van der Waals surface area contributed by atoms with Gasteiger partial charge in [0.15, 0.2) is 0 Å². The summed E-state index contributed by atoms with van der Waals surface area (Å²) in [5, 5.41) is 2.86. The number of benzene rings is 1. The SMILES string of the molecule is CCC1CCCc2[nH]c(C=C3C(=O)Nc4ccc(S(=O)(=O)N5CCOCC5)cc43)cc21. The fourth-order valence-electron chi connectivity index (χ4n) is 4.85. The minimum absolute atomic E-state index is 0.201. The van der Waals surface area contributed by atoms with E-state index in [0.29, 0.717) is 49.0 Å². The van der Waals surface area contributed by atoms with E-state index in [2.05, 4.69) is 23.3 Å². The number of fused-ring (bicyclic) bond motifs is 2. The van der Waals surface area contributed by atoms with Crippen LogP contribution < -0.4 is 5.32 Å². The Morgan fingerprint density at radius 3 is 2.81 bits per heavy atom. The van der Waals surface area contributed by atoms with Gasteiger partial charge in [-0.2, -0.15) is 4.31 Å². The molecule has 164 valence electrons. The van der Waals surface area contributed by atoms with Crippen molar-refractivity contribution >= 4 is 33.3 Å². The molecule has 3 heterocycles. The Kier molecular flexibility index (Phi) is 5.24. The number of aromatic nitrogens is 1. The highest BCUT2D eigenvalue weighted by Gasteiger charge is 2.31. The summed E-state index contributed by atoms with van der Waals surface area (Å²) in [5.41, 5.74) is 5.25. The molecule has 0 spiro atoms. The van der Waals surface area contributed by atoms with Crippen molar-refractivity contribution in [3.8, 4) is 0 Å². The molecule has 2 aliphatic heterocycles. The number of ether oxygens (including phenoxy) is 1. The van der Waals surface area contributed by atoms with Gasteiger partial charge in [-0.1, -0.05) is 6.92 Å². The van der Waals surface area contributed by atoms with Gasteiger partial charge in [-0.3, -0.25) is 4.79 Å². The average Bonchev–Trinajstić information content (AvgIpc) is 3.34. The third-order valence-electron chi connectivity index (χ3n) is 6.55. The summed E-state index contributed by atoms with van der Waals surface area (Å²) in [6.07, 6.45) is 6.35. The third-order valence-corrected chi connectivity index (χ3v) is 8.44. The van der Waals surface area contributed by atoms with Crippen LogP contribution in [-0.4, -0.2) is 49.9 Å². The van der Waals surface area contributed by atoms with Crippen LogP contribution in [0.4, 0.5) is 5.69 Å². The Bertz CT molecular complexity index is 1160. The molecular weight excluding hydrogens is 414 g/mol. The number of sulfonamides is 1. The maximum Gasteiger partial charge on any atom is 0.256 e. The maximum absolute atomic E-state index is 13.1. The van der Waals surface area contributed by atoms with Crippen molar-refractivity contribution in [2.75, 3.05) is 31.6 Å². The lowest BCUT2D eigenvalue weighted by molar-refractivity contribution is -0.110. The van der Waals surface area contributed by atoms with Crippen LogP contribution in [-0.2, 0) is 26.0 Å². The van der Waals surface area contributed by atoms with Crippen molar-refractivity contribution in [2.24, 2.45) is 0 Å². The molecule has 0 radical (unpaired) electrons. The molecule has 5 rings (SSSR count). The highest BCUT2D eigenvalue weighted by atomic mass is 32.2. The standard InChI is InChI=1S/C23H27N3O4S/c1-2-15-4-3-5-21-18(15)12-16(24-21)13-20-19-14-17(6-7-22(19)25-23(20)27)31(28,29)26-8-10-30-11-9-26/h6-7,12-15,24H,2-5,8-11H2,1H3,(H,25,27). The second kappa shape index (κ2) is 7.93. The first kappa shape index (κ1) is 20.5. The van der Waals surface area contributed by atoms with Crippen LogP contribution >= 0.6 is 0 Å². The van der Waals surface area contributed by atoms with E-state index in [1.165, 1.54) is 28.4 Å². The summed E-state index contributed by atoms with van der Waals surface area (Å²) >= 11 is 0. The number of H-pyrrole nitrogens is 1. The van der Waals surface area contributed by atoms with E-state index < -0.39 is 10.0 Å². The van der Waals surface area contributed by atoms with Gasteiger partial charge in [0.1, 0.15) is 0 Å². The first-order valence-corrected chi connectivity index (χ1v) is 12.4. The number of morpholine rings is 1. The summed E-state index contributed by atoms with van der Waals surface area (Å²) < 4.78 is 32.9. The maximum atomic E-state index is 13.1. The average molecular weight is 442 g/mol. The van der Waals surface area contributed by atoms with Gasteiger partial charge in [0.2, 0.25) is 10.0 Å². The zero-order chi connectivity index (χ0) is 21.6. The minimum Gasteiger partial charge on any atom is -0.379 e. The first-order valence-electron chi connectivity index (χ1n) is 10.9. The van der Waals surface area contributed by atoms with Gasteiger partial charge in [0.05, 0.1) is 23.7 Å². The highest BCUT2D eigenvalue weighted by molar-refractivity contribution is 7.89. The number of aryl methyl sites for hydroxylation is 1. The Morgan fingerprint density at radius 2 is 2.03 bits per heavy atom. The van der Waals surface area contributed by atoms with Gasteiger partial charge < -0.3 is 15.0 Å². The molecule has 8 heteroatoms. The first-order chi connectivity index (χ1) is 15.0. The molecule has 1 aliphatic carbocycles. The Morgan fingerprint density at radius 1 is 1.23 bits per heavy atom. The molecule has 1 unspecified atom stereocenters. The summed E-state index contributed by atoms with van der Waals surface area (Å²) in [6, 6.07) is 7.00. The molecule has 31 heavy (non-hydrogen) atoms. The van der Waals surface area contributed by atoms with E-state index in [1.807, 2.05) is 6.08 Å². The van der Waals surface area contributed by atoms with E-state index in [0.717, 1.165) is 18.5 Å². The number of amides is 1. The predicted molar refractivity (Wildman–Crippen MR) is 119 cm³/mol. The molecule has 1 amide bonds. The molecular formula is C23H27N3O4S. The van der Waals surface area contributed by atoms with Crippen molar-refractivity contribution in [1.29, 1.82) is 0 Å². The third kappa shape index (κ3) is 3.62. The zero-order valence-electron chi connectivity index (χ0n) is 17.6. The number of carbonyl (C=O) groups excluding carboxylic acids is 1. The van der Waals surface area contributed by atoms with Crippen molar-refractivity contribution in [2.45, 2.75) is 43.4 Å². The van der Waals surface area contributed by atoms with E-state index in [1.54, 1.807) is 18.2 Å². The number of nitrogens with zero attached hydrogens (tertiary/aromatic N) is 1. The normalized spacial score (nSPS) is 22.9. The quantitative estimate of drug-likeness (QED) is 0.712. The van der Waals surface area contributed by atoms with E-state index >= 15 is 0 Å². The van der Waals surface area contributed by atoms with Crippen LogP contribution in [0.5, 0.6) is 0 Å². The lowest BCUT2D eigenvalue weighted by atomic mass is 9.85. The van der Waals surface area contributed by atoms with E-state index in [4.69, 9.17) is 4.74 Å². The van der Waals surface area contributed by atoms with Crippen LogP contribution in [0, 0.1) is 0 Å². The molecule has 2 N–H and O–H groups in total. The van der Waals surface area contributed by atoms with Crippen LogP contribution in [0.15, 0.2) is 29.2 Å². The van der Waals surface area contributed by atoms with Crippen LogP contribution in [0.2, 0.25) is 0 Å². The fourth-order valence-corrected chi connectivity index (χ4v) is 6.29. The monoisotopic (exact) mass is 441 g/mol. The predicted octanol–water partition coefficient (Wildman–Crippen LogP) is 3.36. The van der Waals surface area contributed by atoms with E-state index in [-0.39, 0.29) is 10.8 Å². The van der Waals surface area contributed by atoms with Crippen LogP contribution in [0.3, 0.4) is 0 Å². The van der Waals surface area contributed by atoms with Gasteiger partial charge in [0, 0.05) is 35.7 Å². The molecule has 1 saturated heterocycles. The molecule has 1 atom stereocenters. The number of carbonyl (C=O) groups is 1. The van der Waals surface area contributed by atoms with Crippen LogP contribution in [0.1, 0.15) is 54.6 Å². The van der Waals surface area contributed by atoms with Crippen molar-refractivity contribution < 1.29 is 17.9 Å². The second-order valence-electron chi connectivity index (χ2n) is 8.39. The van der Waals surface area contributed by atoms with Crippen molar-refractivity contribution in [1.82, 2.24) is 9.29 Å². The van der Waals surface area contributed by atoms with Gasteiger partial charge in [-0.15, -0.1) is 0 Å². The second-order valence-corrected chi connectivity index (χ2v) is 10.3. The Labute approximate surface area is 182 Å². The highest BCUT2D eigenvalue weighted by Crippen LogP contribution is 2.38. The molecule has 7 nitrogen and oxygen atoms in total. The zero-order valence-corrected chi connectivity index (χ0v) is 18.4. The molecule has 0 bridgehead atoms. The number of nitrogens with one attached hydrogen (secondary N) is 2. The van der Waals surface area contributed by atoms with Crippen molar-refractivity contribution in [3.05, 3.63) is 46.8 Å². The number of rotatable bonds is 4. The topological polar surface area (TPSA) is 91.5 Å². The number of hydrogen-bond acceptors (Lipinski definition) is 4. The number of hydrogen-bond donors (Lipinski definition) is 2. The molecule has 0 saturated carbocycles. The molecule has 1 aromatic heterocycles. The summed E-state index contributed by atoms with van der Waals surface area (Å²) in [5.74, 6) is 0.345. The molecule has 3 aliphatic rings. The number of aromatic amines is 1. The van der Waals surface area contributed by atoms with Gasteiger partial charge in [-0.25, -0.2) is 8.42 Å². The van der Waals surface area contributed by atoms with Gasteiger partial charge in [0.25, 0.3) is 5.91 Å². The summed E-state index contributed by atoms with van der Waals surface area (Å²) in [4.78, 5) is 16.4. The Balaban J connectivity index is 1.51. The lowest BCUT2D eigenvalue weighted by Crippen LogP contribution is -2.40. The van der Waals surface area contributed by atoms with Gasteiger partial charge >= 0.3 is 0 Å². The minimum atomic E-state index is -3.63. The molecule has 2 aromatic rings. The summed E-state index contributed by atoms with van der Waals surface area (Å²) in [6.45, 7) is 3.68.